The van der Waals surface area contributed by atoms with Gasteiger partial charge >= 0.3 is 33.2 Å². The average molecular weight is 1260 g/mol. The van der Waals surface area contributed by atoms with Crippen molar-refractivity contribution in [3.05, 3.63) is 41.7 Å². The minimum absolute atomic E-state index is 0.0112. The molecule has 2 fully saturated rings. The summed E-state index contributed by atoms with van der Waals surface area (Å²) in [6, 6.07) is 1.59. The molecule has 0 spiro atoms. The van der Waals surface area contributed by atoms with Gasteiger partial charge in [0.05, 0.1) is 65.5 Å². The number of carboxylic acid groups (broad SMARTS) is 3. The maximum Gasteiger partial charge on any atom is 1.15 e. The Kier molecular flexibility index (Phi) is 43.9. The van der Waals surface area contributed by atoms with Gasteiger partial charge in [-0.15, -0.1) is 5.10 Å². The highest BCUT2D eigenvalue weighted by atomic mass is 27.3. The first-order valence-electron chi connectivity index (χ1n) is 30.5. The summed E-state index contributed by atoms with van der Waals surface area (Å²) in [5.41, 5.74) is 7.65. The monoisotopic (exact) mass is 1260 g/mol. The van der Waals surface area contributed by atoms with Crippen LogP contribution in [-0.4, -0.2) is 230 Å². The van der Waals surface area contributed by atoms with Gasteiger partial charge in [0.25, 0.3) is 11.9 Å². The molecule has 2 aromatic rings. The molecule has 2 aromatic heterocycles. The number of aryl methyl sites for hydroxylation is 1. The maximum absolute atomic E-state index is 13.7. The summed E-state index contributed by atoms with van der Waals surface area (Å²) in [5.74, 6) is -5.18. The second kappa shape index (κ2) is 46.4. The highest BCUT2D eigenvalue weighted by molar-refractivity contribution is 6.41. The number of carbonyl (C=O) groups excluding carboxylic acids is 3. The van der Waals surface area contributed by atoms with Crippen LogP contribution in [0.3, 0.4) is 0 Å². The summed E-state index contributed by atoms with van der Waals surface area (Å²) < 4.78 is 64.5. The van der Waals surface area contributed by atoms with E-state index in [2.05, 4.69) is 97.0 Å². The first-order valence-corrected chi connectivity index (χ1v) is 31.9. The van der Waals surface area contributed by atoms with E-state index in [4.69, 9.17) is 35.3 Å². The molecule has 3 unspecified atom stereocenters. The number of carbonyl (C=O) groups is 6. The van der Waals surface area contributed by atoms with Crippen LogP contribution in [0.25, 0.3) is 0 Å². The van der Waals surface area contributed by atoms with E-state index >= 15 is 0 Å². The number of ketones is 1. The molecule has 4 rings (SSSR count). The van der Waals surface area contributed by atoms with Crippen molar-refractivity contribution >= 4 is 50.9 Å². The summed E-state index contributed by atoms with van der Waals surface area (Å²) in [4.78, 5) is 77.7. The van der Waals surface area contributed by atoms with Crippen molar-refractivity contribution < 1.29 is 78.2 Å². The van der Waals surface area contributed by atoms with Crippen molar-refractivity contribution in [1.29, 1.82) is 0 Å². The SMILES string of the molecule is CC(C)(C)CCN(CCC(C)(C)C)CCC(C)(C)C.CCCC(=O)c1ccc([18F])nc1.CCCC1CN2CCN(CC(=O)O)CCN1CC(=O)[O][Al]([18F])[O]C(=O)C2.CCCCn1cc(COCCOCCOCC[18F])nn1.N[C@@H](CCC(=O)O)C(=O)O. The first-order chi connectivity index (χ1) is 40.8. The van der Waals surface area contributed by atoms with Gasteiger partial charge in [-0.05, 0) is 93.0 Å². The predicted octanol–water partition coefficient (Wildman–Crippen LogP) is 7.87. The number of unbranched alkanes of at least 4 members (excludes halogenated alkanes) is 1. The van der Waals surface area contributed by atoms with Crippen molar-refractivity contribution in [2.24, 2.45) is 22.0 Å². The van der Waals surface area contributed by atoms with Crippen molar-refractivity contribution in [3.63, 3.8) is 0 Å². The Hall–Kier alpha value is -4.69. The van der Waals surface area contributed by atoms with Gasteiger partial charge in [0.2, 0.25) is 5.95 Å². The van der Waals surface area contributed by atoms with E-state index in [0.29, 0.717) is 94.0 Å². The largest absolute Gasteiger partial charge is 1.15 e. The van der Waals surface area contributed by atoms with Gasteiger partial charge in [0, 0.05) is 69.9 Å². The lowest BCUT2D eigenvalue weighted by atomic mass is 9.89. The number of hydrogen-bond acceptors (Lipinski definition) is 19. The predicted molar refractivity (Wildman–Crippen MR) is 327 cm³/mol. The smallest absolute Gasteiger partial charge is 0.558 e. The molecule has 2 aliphatic heterocycles. The third-order valence-electron chi connectivity index (χ3n) is 13.1. The number of ether oxygens (including phenoxy) is 3. The standard InChI is InChI=1S/C18H39N.C15H27N3O6.C13H24FN3O3.C9H10FNO.C5H9NO4.Al.FH/c1-16(2,3)10-13-19(14-11-17(4,5)6)15-12-18(7,8)9;1-2-3-12-8-17(10-14(21)22)5-4-16(9-13(19)20)6-7-18(12)11-15(23)24;1-2-3-5-17-11-13(15-16-17)12-20-10-9-19-8-7-18-6-4-14;1-2-3-8(12)7-4-5-9(10)11-6-7;6-3(5(9)10)1-2-4(7)8;;/h10-15H2,1-9H3;12H,2-11H2,1H3,(H,19,20)(H,21,22)(H,23,24);11H,2-10,12H2,1H3;4-6H,2-3H2,1H3;3H,1-2,6H2,(H,7,8)(H,9,10);;1H/q;;;;;+3;/p-3/t;;;;3-;;/m....0../s1/i;;14-1;10-1;;;1-1. The van der Waals surface area contributed by atoms with Gasteiger partial charge in [-0.2, -0.15) is 4.39 Å². The number of nitrogens with zero attached hydrogens (tertiary/aromatic N) is 8. The number of fused-ring (bicyclic) bond motifs is 3. The number of Topliss-reactive ketones (excluding diaryl/α,β-unsaturated/α-hetero) is 1. The third-order valence-corrected chi connectivity index (χ3v) is 14.0. The lowest BCUT2D eigenvalue weighted by Gasteiger charge is -2.33. The Morgan fingerprint density at radius 2 is 1.33 bits per heavy atom. The van der Waals surface area contributed by atoms with E-state index in [1.165, 1.54) is 57.2 Å². The van der Waals surface area contributed by atoms with Gasteiger partial charge in [0.1, 0.15) is 18.4 Å². The zero-order valence-corrected chi connectivity index (χ0v) is 55.5. The molecule has 27 heteroatoms. The summed E-state index contributed by atoms with van der Waals surface area (Å²) in [6.07, 6.45) is 12.0. The third kappa shape index (κ3) is 47.0. The highest BCUT2D eigenvalue weighted by Gasteiger charge is 2.43. The second-order valence-electron chi connectivity index (χ2n) is 25.1. The summed E-state index contributed by atoms with van der Waals surface area (Å²) in [7, 11) is 0. The number of carboxylic acids is 3. The number of pyridine rings is 1. The molecule has 2 bridgehead atoms. The number of rotatable bonds is 30. The maximum atomic E-state index is 13.7. The zero-order chi connectivity index (χ0) is 66.0. The van der Waals surface area contributed by atoms with Gasteiger partial charge in [-0.3, -0.25) is 48.1 Å². The molecule has 0 saturated carbocycles. The highest BCUT2D eigenvalue weighted by Crippen LogP contribution is 2.25. The Labute approximate surface area is 521 Å². The van der Waals surface area contributed by atoms with Crippen molar-refractivity contribution in [2.75, 3.05) is 112 Å². The zero-order valence-electron chi connectivity index (χ0n) is 54.4. The summed E-state index contributed by atoms with van der Waals surface area (Å²) in [6.45, 7) is 35.9. The number of hydrogen-bond donors (Lipinski definition) is 4. The quantitative estimate of drug-likeness (QED) is 0.0250. The lowest BCUT2D eigenvalue weighted by molar-refractivity contribution is -0.144. The van der Waals surface area contributed by atoms with Crippen LogP contribution in [0.15, 0.2) is 24.5 Å². The Morgan fingerprint density at radius 1 is 0.770 bits per heavy atom. The van der Waals surface area contributed by atoms with Crippen LogP contribution in [0, 0.1) is 22.2 Å². The first kappa shape index (κ1) is 82.3. The second-order valence-corrected chi connectivity index (χ2v) is 26.1. The van der Waals surface area contributed by atoms with Gasteiger partial charge in [-0.25, -0.2) is 9.37 Å². The Bertz CT molecular complexity index is 2160. The molecule has 0 amide bonds. The number of alkyl halides is 1. The molecule has 0 radical (unpaired) electrons. The van der Waals surface area contributed by atoms with Crippen molar-refractivity contribution in [1.82, 2.24) is 39.6 Å². The van der Waals surface area contributed by atoms with Crippen LogP contribution in [0.5, 0.6) is 0 Å². The fourth-order valence-electron chi connectivity index (χ4n) is 7.95. The Morgan fingerprint density at radius 3 is 1.83 bits per heavy atom. The summed E-state index contributed by atoms with van der Waals surface area (Å²) in [5, 5.41) is 33.4. The molecule has 500 valence electrons. The fourth-order valence-corrected chi connectivity index (χ4v) is 8.56. The van der Waals surface area contributed by atoms with Crippen LogP contribution in [-0.2, 0) is 58.9 Å². The van der Waals surface area contributed by atoms with Gasteiger partial charge in [-0.1, -0.05) is 101 Å². The fraction of sp³-hybridized carbons (Fsp3) is 0.783. The number of aromatic nitrogens is 4. The minimum atomic E-state index is -3.83. The molecule has 0 aromatic carbocycles. The van der Waals surface area contributed by atoms with E-state index in [1.807, 2.05) is 34.5 Å². The summed E-state index contributed by atoms with van der Waals surface area (Å²) >= 11 is -3.83. The van der Waals surface area contributed by atoms with Crippen LogP contribution >= 0.6 is 0 Å². The van der Waals surface area contributed by atoms with Crippen LogP contribution in [0.1, 0.15) is 170 Å². The molecule has 5 N–H and O–H groups in total. The van der Waals surface area contributed by atoms with Crippen LogP contribution in [0.2, 0.25) is 0 Å². The Balaban J connectivity index is 0.00000110. The lowest BCUT2D eigenvalue weighted by Crippen LogP contribution is -2.47. The van der Waals surface area contributed by atoms with Crippen LogP contribution < -0.4 is 5.73 Å². The molecule has 4 atom stereocenters. The molecular weight excluding hydrogens is 1150 g/mol. The van der Waals surface area contributed by atoms with Crippen molar-refractivity contribution in [2.45, 2.75) is 179 Å². The molecule has 23 nitrogen and oxygen atoms in total. The van der Waals surface area contributed by atoms with E-state index in [9.17, 15) is 41.1 Å². The molecular formula is C60H107AlF3N9O14. The minimum Gasteiger partial charge on any atom is -0.558 e. The number of aliphatic carboxylic acids is 3. The number of nitrogens with two attached hydrogens (primary N) is 1. The molecule has 0 aliphatic carbocycles. The normalized spacial score (nSPS) is 17.1. The molecule has 2 aliphatic rings. The molecule has 87 heavy (non-hydrogen) atoms. The van der Waals surface area contributed by atoms with E-state index < -0.39 is 63.8 Å². The van der Waals surface area contributed by atoms with Crippen molar-refractivity contribution in [3.8, 4) is 0 Å². The number of halogens is 3. The van der Waals surface area contributed by atoms with Gasteiger partial charge in [0.15, 0.2) is 5.78 Å². The van der Waals surface area contributed by atoms with Gasteiger partial charge < -0.3 is 51.3 Å². The molecule has 4 heterocycles. The topological polar surface area (TPSA) is 292 Å². The van der Waals surface area contributed by atoms with Crippen LogP contribution in [0.4, 0.5) is 12.3 Å². The average Bonchev–Trinajstić information content (AvgIpc) is 4.12. The molecule has 2 saturated heterocycles. The van der Waals surface area contributed by atoms with E-state index in [0.717, 1.165) is 44.3 Å². The van der Waals surface area contributed by atoms with E-state index in [1.54, 1.807) is 4.90 Å². The van der Waals surface area contributed by atoms with E-state index in [-0.39, 0.29) is 50.9 Å².